The third-order valence-electron chi connectivity index (χ3n) is 3.93. The Bertz CT molecular complexity index is 422. The standard InChI is InChI=1S/C16H24N2O2/c1-3-13-12-18(11-10-15(13)17-4-2)16(19)20-14-8-6-5-7-9-14/h5-9,13,15,17H,3-4,10-12H2,1-2H3. The average Bonchev–Trinajstić information content (AvgIpc) is 2.49. The maximum atomic E-state index is 12.2. The van der Waals surface area contributed by atoms with E-state index >= 15 is 0 Å². The van der Waals surface area contributed by atoms with Crippen LogP contribution >= 0.6 is 0 Å². The third-order valence-corrected chi connectivity index (χ3v) is 3.93. The maximum absolute atomic E-state index is 12.2. The highest BCUT2D eigenvalue weighted by Crippen LogP contribution is 2.21. The van der Waals surface area contributed by atoms with Crippen LogP contribution in [-0.2, 0) is 0 Å². The molecular weight excluding hydrogens is 252 g/mol. The Morgan fingerprint density at radius 3 is 2.75 bits per heavy atom. The summed E-state index contributed by atoms with van der Waals surface area (Å²) in [5.41, 5.74) is 0. The second-order valence-electron chi connectivity index (χ2n) is 5.25. The Morgan fingerprint density at radius 1 is 1.35 bits per heavy atom. The molecule has 0 radical (unpaired) electrons. The van der Waals surface area contributed by atoms with E-state index in [2.05, 4.69) is 19.2 Å². The molecule has 2 atom stereocenters. The Morgan fingerprint density at radius 2 is 2.10 bits per heavy atom. The fourth-order valence-corrected chi connectivity index (χ4v) is 2.80. The van der Waals surface area contributed by atoms with E-state index in [-0.39, 0.29) is 6.09 Å². The number of ether oxygens (including phenoxy) is 1. The van der Waals surface area contributed by atoms with Crippen LogP contribution in [0.2, 0.25) is 0 Å². The molecule has 4 nitrogen and oxygen atoms in total. The Labute approximate surface area is 121 Å². The summed E-state index contributed by atoms with van der Waals surface area (Å²) in [5, 5.41) is 3.52. The van der Waals surface area contributed by atoms with Crippen molar-refractivity contribution in [3.05, 3.63) is 30.3 Å². The predicted molar refractivity (Wildman–Crippen MR) is 79.9 cm³/mol. The molecule has 1 aromatic carbocycles. The SMILES string of the molecule is CCNC1CCN(C(=O)Oc2ccccc2)CC1CC. The minimum absolute atomic E-state index is 0.232. The molecule has 110 valence electrons. The van der Waals surface area contributed by atoms with Crippen LogP contribution in [0, 0.1) is 5.92 Å². The van der Waals surface area contributed by atoms with Gasteiger partial charge in [0.2, 0.25) is 0 Å². The fourth-order valence-electron chi connectivity index (χ4n) is 2.80. The molecule has 1 saturated heterocycles. The summed E-state index contributed by atoms with van der Waals surface area (Å²) in [4.78, 5) is 14.0. The van der Waals surface area contributed by atoms with Gasteiger partial charge in [0.15, 0.2) is 0 Å². The zero-order valence-electron chi connectivity index (χ0n) is 12.3. The molecule has 0 aliphatic carbocycles. The van der Waals surface area contributed by atoms with Crippen molar-refractivity contribution in [3.63, 3.8) is 0 Å². The Hall–Kier alpha value is -1.55. The van der Waals surface area contributed by atoms with Gasteiger partial charge in [-0.05, 0) is 31.0 Å². The molecule has 1 amide bonds. The van der Waals surface area contributed by atoms with Gasteiger partial charge in [0.1, 0.15) is 5.75 Å². The van der Waals surface area contributed by atoms with Gasteiger partial charge < -0.3 is 15.0 Å². The number of rotatable bonds is 4. The van der Waals surface area contributed by atoms with Crippen LogP contribution in [0.4, 0.5) is 4.79 Å². The van der Waals surface area contributed by atoms with E-state index in [0.29, 0.717) is 17.7 Å². The van der Waals surface area contributed by atoms with Gasteiger partial charge in [-0.3, -0.25) is 0 Å². The van der Waals surface area contributed by atoms with Gasteiger partial charge in [0.05, 0.1) is 0 Å². The van der Waals surface area contributed by atoms with Gasteiger partial charge in [-0.1, -0.05) is 38.5 Å². The van der Waals surface area contributed by atoms with E-state index in [1.165, 1.54) is 0 Å². The highest BCUT2D eigenvalue weighted by molar-refractivity contribution is 5.70. The molecule has 0 aromatic heterocycles. The molecule has 1 aromatic rings. The van der Waals surface area contributed by atoms with Crippen molar-refractivity contribution in [1.29, 1.82) is 0 Å². The molecule has 0 saturated carbocycles. The Balaban J connectivity index is 1.92. The lowest BCUT2D eigenvalue weighted by Gasteiger charge is -2.38. The second kappa shape index (κ2) is 7.29. The second-order valence-corrected chi connectivity index (χ2v) is 5.25. The molecule has 2 rings (SSSR count). The van der Waals surface area contributed by atoms with Gasteiger partial charge in [0.25, 0.3) is 0 Å². The molecule has 1 heterocycles. The number of amides is 1. The minimum atomic E-state index is -0.232. The van der Waals surface area contributed by atoms with Gasteiger partial charge >= 0.3 is 6.09 Å². The van der Waals surface area contributed by atoms with Crippen molar-refractivity contribution in [2.75, 3.05) is 19.6 Å². The monoisotopic (exact) mass is 276 g/mol. The summed E-state index contributed by atoms with van der Waals surface area (Å²) < 4.78 is 5.41. The van der Waals surface area contributed by atoms with Crippen molar-refractivity contribution in [2.45, 2.75) is 32.7 Å². The summed E-state index contributed by atoms with van der Waals surface area (Å²) in [6.45, 7) is 6.83. The first-order chi connectivity index (χ1) is 9.74. The number of para-hydroxylation sites is 1. The van der Waals surface area contributed by atoms with Gasteiger partial charge in [-0.2, -0.15) is 0 Å². The van der Waals surface area contributed by atoms with Crippen LogP contribution in [0.25, 0.3) is 0 Å². The number of nitrogens with zero attached hydrogens (tertiary/aromatic N) is 1. The number of carbonyl (C=O) groups excluding carboxylic acids is 1. The van der Waals surface area contributed by atoms with Gasteiger partial charge in [-0.25, -0.2) is 4.79 Å². The van der Waals surface area contributed by atoms with E-state index in [9.17, 15) is 4.79 Å². The molecule has 2 unspecified atom stereocenters. The lowest BCUT2D eigenvalue weighted by Crippen LogP contribution is -2.51. The zero-order chi connectivity index (χ0) is 14.4. The normalized spacial score (nSPS) is 22.6. The number of hydrogen-bond donors (Lipinski definition) is 1. The summed E-state index contributed by atoms with van der Waals surface area (Å²) in [7, 11) is 0. The molecule has 0 bridgehead atoms. The summed E-state index contributed by atoms with van der Waals surface area (Å²) >= 11 is 0. The van der Waals surface area contributed by atoms with Crippen molar-refractivity contribution in [2.24, 2.45) is 5.92 Å². The van der Waals surface area contributed by atoms with E-state index in [0.717, 1.165) is 32.5 Å². The number of likely N-dealkylation sites (tertiary alicyclic amines) is 1. The molecule has 1 aliphatic rings. The summed E-state index contributed by atoms with van der Waals surface area (Å²) in [6.07, 6.45) is 1.84. The molecule has 20 heavy (non-hydrogen) atoms. The number of benzene rings is 1. The van der Waals surface area contributed by atoms with E-state index < -0.39 is 0 Å². The highest BCUT2D eigenvalue weighted by atomic mass is 16.6. The van der Waals surface area contributed by atoms with Crippen LogP contribution < -0.4 is 10.1 Å². The average molecular weight is 276 g/mol. The molecule has 1 N–H and O–H groups in total. The van der Waals surface area contributed by atoms with Crippen LogP contribution in [-0.4, -0.2) is 36.7 Å². The summed E-state index contributed by atoms with van der Waals surface area (Å²) in [6, 6.07) is 9.78. The largest absolute Gasteiger partial charge is 0.415 e. The molecule has 1 aliphatic heterocycles. The molecule has 1 fully saturated rings. The number of nitrogens with one attached hydrogen (secondary N) is 1. The molecule has 4 heteroatoms. The van der Waals surface area contributed by atoms with E-state index in [1.54, 1.807) is 12.1 Å². The van der Waals surface area contributed by atoms with Crippen molar-refractivity contribution >= 4 is 6.09 Å². The lowest BCUT2D eigenvalue weighted by atomic mass is 9.90. The highest BCUT2D eigenvalue weighted by Gasteiger charge is 2.30. The van der Waals surface area contributed by atoms with Crippen LogP contribution in [0.15, 0.2) is 30.3 Å². The number of piperidine rings is 1. The minimum Gasteiger partial charge on any atom is -0.410 e. The van der Waals surface area contributed by atoms with Crippen LogP contribution in [0.1, 0.15) is 26.7 Å². The van der Waals surface area contributed by atoms with Gasteiger partial charge in [0, 0.05) is 19.1 Å². The smallest absolute Gasteiger partial charge is 0.410 e. The van der Waals surface area contributed by atoms with Crippen molar-refractivity contribution in [1.82, 2.24) is 10.2 Å². The maximum Gasteiger partial charge on any atom is 0.415 e. The first-order valence-corrected chi connectivity index (χ1v) is 7.49. The lowest BCUT2D eigenvalue weighted by molar-refractivity contribution is 0.111. The van der Waals surface area contributed by atoms with Crippen LogP contribution in [0.3, 0.4) is 0 Å². The zero-order valence-corrected chi connectivity index (χ0v) is 12.3. The number of carbonyl (C=O) groups is 1. The van der Waals surface area contributed by atoms with Gasteiger partial charge in [-0.15, -0.1) is 0 Å². The molecular formula is C16H24N2O2. The summed E-state index contributed by atoms with van der Waals surface area (Å²) in [5.74, 6) is 1.12. The van der Waals surface area contributed by atoms with E-state index in [1.807, 2.05) is 23.1 Å². The van der Waals surface area contributed by atoms with Crippen molar-refractivity contribution < 1.29 is 9.53 Å². The first-order valence-electron chi connectivity index (χ1n) is 7.49. The fraction of sp³-hybridized carbons (Fsp3) is 0.562. The third kappa shape index (κ3) is 3.73. The van der Waals surface area contributed by atoms with E-state index in [4.69, 9.17) is 4.74 Å². The Kier molecular flexibility index (Phi) is 5.41. The topological polar surface area (TPSA) is 41.6 Å². The predicted octanol–water partition coefficient (Wildman–Crippen LogP) is 2.90. The first kappa shape index (κ1) is 14.9. The van der Waals surface area contributed by atoms with Crippen molar-refractivity contribution in [3.8, 4) is 5.75 Å². The molecule has 0 spiro atoms. The van der Waals surface area contributed by atoms with Crippen LogP contribution in [0.5, 0.6) is 5.75 Å². The number of hydrogen-bond acceptors (Lipinski definition) is 3. The quantitative estimate of drug-likeness (QED) is 0.919.